The van der Waals surface area contributed by atoms with E-state index >= 15 is 0 Å². The summed E-state index contributed by atoms with van der Waals surface area (Å²) in [6, 6.07) is 13.2. The van der Waals surface area contributed by atoms with Crippen molar-refractivity contribution in [3.8, 4) is 23.1 Å². The number of benzene rings is 2. The number of nitriles is 1. The Kier molecular flexibility index (Phi) is 7.96. The fourth-order valence-corrected chi connectivity index (χ4v) is 3.71. The molecule has 0 saturated heterocycles. The van der Waals surface area contributed by atoms with E-state index in [0.29, 0.717) is 28.5 Å². The highest BCUT2D eigenvalue weighted by Crippen LogP contribution is 2.38. The van der Waals surface area contributed by atoms with Gasteiger partial charge in [0.1, 0.15) is 16.8 Å². The molecule has 34 heavy (non-hydrogen) atoms. The molecular weight excluding hydrogens is 501 g/mol. The largest absolute Gasteiger partial charge is 0.435 e. The predicted molar refractivity (Wildman–Crippen MR) is 117 cm³/mol. The topological polar surface area (TPSA) is 75.0 Å². The van der Waals surface area contributed by atoms with Gasteiger partial charge in [0.25, 0.3) is 0 Å². The van der Waals surface area contributed by atoms with Gasteiger partial charge in [-0.3, -0.25) is 4.79 Å². The maximum Gasteiger partial charge on any atom is 0.417 e. The first-order chi connectivity index (χ1) is 16.1. The van der Waals surface area contributed by atoms with Crippen molar-refractivity contribution >= 4 is 35.0 Å². The number of halogens is 6. The van der Waals surface area contributed by atoms with Gasteiger partial charge in [-0.2, -0.15) is 27.2 Å². The van der Waals surface area contributed by atoms with E-state index in [1.165, 1.54) is 18.2 Å². The number of aromatic nitrogens is 1. The van der Waals surface area contributed by atoms with Crippen molar-refractivity contribution in [3.05, 3.63) is 70.7 Å². The van der Waals surface area contributed by atoms with E-state index in [1.807, 2.05) is 0 Å². The molecule has 1 amide bonds. The summed E-state index contributed by atoms with van der Waals surface area (Å²) in [6.07, 6.45) is -4.87. The number of thioether (sulfide) groups is 1. The quantitative estimate of drug-likeness (QED) is 0.284. The van der Waals surface area contributed by atoms with Crippen LogP contribution in [0.25, 0.3) is 11.3 Å². The zero-order valence-corrected chi connectivity index (χ0v) is 18.4. The second-order valence-electron chi connectivity index (χ2n) is 6.59. The van der Waals surface area contributed by atoms with Gasteiger partial charge in [0.2, 0.25) is 5.91 Å². The summed E-state index contributed by atoms with van der Waals surface area (Å²) in [4.78, 5) is 16.4. The Balaban J connectivity index is 1.90. The van der Waals surface area contributed by atoms with Crippen molar-refractivity contribution in [2.45, 2.75) is 17.8 Å². The van der Waals surface area contributed by atoms with Crippen LogP contribution in [-0.2, 0) is 11.0 Å². The summed E-state index contributed by atoms with van der Waals surface area (Å²) in [5.41, 5.74) is -1.51. The number of carbonyl (C=O) groups excluding carboxylic acids is 1. The van der Waals surface area contributed by atoms with Crippen LogP contribution in [0, 0.1) is 11.3 Å². The molecule has 2 aromatic carbocycles. The maximum atomic E-state index is 13.7. The van der Waals surface area contributed by atoms with E-state index in [-0.39, 0.29) is 27.8 Å². The van der Waals surface area contributed by atoms with Crippen molar-refractivity contribution in [1.82, 2.24) is 4.98 Å². The van der Waals surface area contributed by atoms with Crippen LogP contribution in [0.2, 0.25) is 5.02 Å². The average molecular weight is 514 g/mol. The van der Waals surface area contributed by atoms with Gasteiger partial charge in [0, 0.05) is 16.3 Å². The van der Waals surface area contributed by atoms with Crippen LogP contribution in [0.4, 0.5) is 27.6 Å². The van der Waals surface area contributed by atoms with Crippen LogP contribution >= 0.6 is 23.4 Å². The van der Waals surface area contributed by atoms with E-state index in [0.717, 1.165) is 12.1 Å². The second-order valence-corrected chi connectivity index (χ2v) is 7.99. The zero-order valence-electron chi connectivity index (χ0n) is 16.9. The molecule has 3 rings (SSSR count). The lowest BCUT2D eigenvalue weighted by atomic mass is 10.1. The number of rotatable bonds is 7. The molecule has 3 aromatic rings. The van der Waals surface area contributed by atoms with E-state index in [4.69, 9.17) is 11.6 Å². The lowest BCUT2D eigenvalue weighted by Crippen LogP contribution is -2.15. The van der Waals surface area contributed by atoms with Crippen LogP contribution in [0.1, 0.15) is 11.1 Å². The molecule has 1 aromatic heterocycles. The van der Waals surface area contributed by atoms with E-state index in [2.05, 4.69) is 15.0 Å². The molecule has 0 radical (unpaired) electrons. The molecule has 0 aliphatic heterocycles. The van der Waals surface area contributed by atoms with Crippen molar-refractivity contribution in [2.75, 3.05) is 11.1 Å². The number of hydrogen-bond acceptors (Lipinski definition) is 5. The highest BCUT2D eigenvalue weighted by atomic mass is 35.5. The molecule has 0 atom stereocenters. The summed E-state index contributed by atoms with van der Waals surface area (Å²) in [5, 5.41) is 12.1. The summed E-state index contributed by atoms with van der Waals surface area (Å²) in [6.45, 7) is -3.06. The minimum absolute atomic E-state index is 0.157. The predicted octanol–water partition coefficient (Wildman–Crippen LogP) is 6.62. The zero-order chi connectivity index (χ0) is 24.9. The molecule has 0 spiro atoms. The number of alkyl halides is 5. The Hall–Kier alpha value is -3.36. The van der Waals surface area contributed by atoms with Crippen molar-refractivity contribution < 1.29 is 31.5 Å². The van der Waals surface area contributed by atoms with E-state index in [9.17, 15) is 32.0 Å². The van der Waals surface area contributed by atoms with Crippen LogP contribution in [0.5, 0.6) is 5.75 Å². The Morgan fingerprint density at radius 2 is 1.79 bits per heavy atom. The van der Waals surface area contributed by atoms with E-state index in [1.54, 1.807) is 24.3 Å². The Labute approximate surface area is 199 Å². The van der Waals surface area contributed by atoms with Gasteiger partial charge in [-0.25, -0.2) is 4.98 Å². The van der Waals surface area contributed by atoms with Crippen LogP contribution in [-0.4, -0.2) is 23.3 Å². The SMILES string of the molecule is N#Cc1c(C(F)(F)F)cc(-c2ccc(OC(F)F)cc2)nc1SCC(=O)Nc1ccc(Cl)cc1. The molecule has 1 N–H and O–H groups in total. The molecule has 0 unspecified atom stereocenters. The van der Waals surface area contributed by atoms with Crippen LogP contribution in [0.15, 0.2) is 59.6 Å². The number of anilines is 1. The van der Waals surface area contributed by atoms with Gasteiger partial charge in [0.15, 0.2) is 0 Å². The van der Waals surface area contributed by atoms with Gasteiger partial charge in [0.05, 0.1) is 22.6 Å². The highest BCUT2D eigenvalue weighted by molar-refractivity contribution is 8.00. The summed E-state index contributed by atoms with van der Waals surface area (Å²) in [7, 11) is 0. The summed E-state index contributed by atoms with van der Waals surface area (Å²) >= 11 is 6.44. The van der Waals surface area contributed by atoms with E-state index < -0.39 is 29.8 Å². The average Bonchev–Trinajstić information content (AvgIpc) is 2.78. The minimum atomic E-state index is -4.87. The van der Waals surface area contributed by atoms with Crippen molar-refractivity contribution in [2.24, 2.45) is 0 Å². The molecule has 0 aliphatic carbocycles. The molecule has 0 aliphatic rings. The first-order valence-corrected chi connectivity index (χ1v) is 10.7. The summed E-state index contributed by atoms with van der Waals surface area (Å²) in [5.74, 6) is -1.05. The molecule has 5 nitrogen and oxygen atoms in total. The second kappa shape index (κ2) is 10.7. The third kappa shape index (κ3) is 6.59. The number of ether oxygens (including phenoxy) is 1. The van der Waals surface area contributed by atoms with Gasteiger partial charge in [-0.15, -0.1) is 0 Å². The highest BCUT2D eigenvalue weighted by Gasteiger charge is 2.36. The minimum Gasteiger partial charge on any atom is -0.435 e. The smallest absolute Gasteiger partial charge is 0.417 e. The number of nitrogens with one attached hydrogen (secondary N) is 1. The first-order valence-electron chi connectivity index (χ1n) is 9.32. The number of hydrogen-bond donors (Lipinski definition) is 1. The third-order valence-corrected chi connectivity index (χ3v) is 5.47. The first kappa shape index (κ1) is 25.3. The fourth-order valence-electron chi connectivity index (χ4n) is 2.78. The molecule has 0 fully saturated rings. The third-order valence-electron chi connectivity index (χ3n) is 4.25. The number of nitrogens with zero attached hydrogens (tertiary/aromatic N) is 2. The number of amides is 1. The Morgan fingerprint density at radius 3 is 2.35 bits per heavy atom. The van der Waals surface area contributed by atoms with Gasteiger partial charge >= 0.3 is 12.8 Å². The maximum absolute atomic E-state index is 13.7. The number of carbonyl (C=O) groups is 1. The normalized spacial score (nSPS) is 11.2. The van der Waals surface area contributed by atoms with Gasteiger partial charge < -0.3 is 10.1 Å². The molecule has 1 heterocycles. The monoisotopic (exact) mass is 513 g/mol. The lowest BCUT2D eigenvalue weighted by Gasteiger charge is -2.14. The molecular formula is C22H13ClF5N3O2S. The van der Waals surface area contributed by atoms with Crippen molar-refractivity contribution in [3.63, 3.8) is 0 Å². The molecule has 12 heteroatoms. The van der Waals surface area contributed by atoms with Gasteiger partial charge in [-0.05, 0) is 54.6 Å². The Bertz CT molecular complexity index is 1210. The standard InChI is InChI=1S/C22H13ClF5N3O2S/c23-13-3-5-14(6-4-13)30-19(32)11-34-20-16(10-29)17(22(26,27)28)9-18(31-20)12-1-7-15(8-2-12)33-21(24)25/h1-9,21H,11H2,(H,30,32). The number of pyridine rings is 1. The van der Waals surface area contributed by atoms with Crippen LogP contribution < -0.4 is 10.1 Å². The summed E-state index contributed by atoms with van der Waals surface area (Å²) < 4.78 is 69.9. The molecule has 0 saturated carbocycles. The molecule has 176 valence electrons. The Morgan fingerprint density at radius 1 is 1.15 bits per heavy atom. The fraction of sp³-hybridized carbons (Fsp3) is 0.136. The lowest BCUT2D eigenvalue weighted by molar-refractivity contribution is -0.138. The van der Waals surface area contributed by atoms with Crippen molar-refractivity contribution in [1.29, 1.82) is 5.26 Å². The van der Waals surface area contributed by atoms with Crippen LogP contribution in [0.3, 0.4) is 0 Å². The van der Waals surface area contributed by atoms with Gasteiger partial charge in [-0.1, -0.05) is 23.4 Å². The molecule has 0 bridgehead atoms.